The van der Waals surface area contributed by atoms with Crippen molar-refractivity contribution in [2.75, 3.05) is 14.2 Å². The van der Waals surface area contributed by atoms with Crippen LogP contribution in [0.1, 0.15) is 54.2 Å². The molecule has 2 N–H and O–H groups in total. The van der Waals surface area contributed by atoms with Crippen LogP contribution in [0.25, 0.3) is 9.69 Å². The number of benzene rings is 3. The molecule has 0 fully saturated rings. The van der Waals surface area contributed by atoms with Gasteiger partial charge in [0.25, 0.3) is 0 Å². The SMILES string of the molecule is [C-]#[N+]c1ccc(C[C@H](CC(=O)c2ccc(C(C)(C)C)cc2)C(=O)OC)cc1.[C-]#[N+]c1ccc(C[C@H](N)C(=O)OC)cc1. The van der Waals surface area contributed by atoms with E-state index in [1.54, 1.807) is 36.4 Å². The van der Waals surface area contributed by atoms with Crippen LogP contribution in [-0.4, -0.2) is 38.0 Å². The molecule has 218 valence electrons. The molecule has 42 heavy (non-hydrogen) atoms. The summed E-state index contributed by atoms with van der Waals surface area (Å²) in [5.41, 5.74) is 10.3. The molecule has 0 aliphatic rings. The average molecular weight is 568 g/mol. The number of hydrogen-bond acceptors (Lipinski definition) is 6. The lowest BCUT2D eigenvalue weighted by Gasteiger charge is -2.19. The predicted molar refractivity (Wildman–Crippen MR) is 162 cm³/mol. The van der Waals surface area contributed by atoms with Crippen molar-refractivity contribution in [2.24, 2.45) is 11.7 Å². The molecule has 8 nitrogen and oxygen atoms in total. The minimum Gasteiger partial charge on any atom is -0.469 e. The molecule has 0 aromatic heterocycles. The molecule has 0 saturated heterocycles. The second-order valence-corrected chi connectivity index (χ2v) is 10.8. The summed E-state index contributed by atoms with van der Waals surface area (Å²) in [6.07, 6.45) is 0.911. The van der Waals surface area contributed by atoms with E-state index in [4.69, 9.17) is 23.6 Å². The maximum absolute atomic E-state index is 12.7. The Hall–Kier alpha value is -4.79. The zero-order chi connectivity index (χ0) is 31.3. The first-order chi connectivity index (χ1) is 19.9. The normalized spacial score (nSPS) is 11.9. The number of hydrogen-bond donors (Lipinski definition) is 1. The minimum atomic E-state index is -0.645. The summed E-state index contributed by atoms with van der Waals surface area (Å²) in [6.45, 7) is 20.1. The maximum atomic E-state index is 12.7. The van der Waals surface area contributed by atoms with Crippen molar-refractivity contribution in [3.05, 3.63) is 118 Å². The Morgan fingerprint density at radius 1 is 0.738 bits per heavy atom. The molecular formula is C34H37N3O5. The number of nitrogens with two attached hydrogens (primary N) is 1. The first-order valence-corrected chi connectivity index (χ1v) is 13.4. The third kappa shape index (κ3) is 10.3. The van der Waals surface area contributed by atoms with E-state index in [1.165, 1.54) is 14.2 Å². The molecule has 0 radical (unpaired) electrons. The van der Waals surface area contributed by atoms with Crippen LogP contribution in [0, 0.1) is 19.1 Å². The fourth-order valence-corrected chi connectivity index (χ4v) is 4.09. The highest BCUT2D eigenvalue weighted by molar-refractivity contribution is 5.98. The van der Waals surface area contributed by atoms with Gasteiger partial charge in [-0.1, -0.05) is 93.6 Å². The van der Waals surface area contributed by atoms with Gasteiger partial charge < -0.3 is 15.2 Å². The number of esters is 2. The summed E-state index contributed by atoms with van der Waals surface area (Å²) in [7, 11) is 2.64. The van der Waals surface area contributed by atoms with Crippen LogP contribution in [0.4, 0.5) is 11.4 Å². The van der Waals surface area contributed by atoms with Gasteiger partial charge in [-0.25, -0.2) is 9.69 Å². The molecule has 0 unspecified atom stereocenters. The molecule has 0 bridgehead atoms. The first kappa shape index (κ1) is 33.4. The first-order valence-electron chi connectivity index (χ1n) is 13.4. The van der Waals surface area contributed by atoms with Crippen LogP contribution in [0.3, 0.4) is 0 Å². The minimum absolute atomic E-state index is 0.0215. The third-order valence-corrected chi connectivity index (χ3v) is 6.61. The van der Waals surface area contributed by atoms with Crippen LogP contribution in [0.2, 0.25) is 0 Å². The molecule has 3 rings (SSSR count). The lowest BCUT2D eigenvalue weighted by atomic mass is 9.86. The molecule has 0 aliphatic carbocycles. The summed E-state index contributed by atoms with van der Waals surface area (Å²) in [4.78, 5) is 42.5. The number of ketones is 1. The molecule has 0 amide bonds. The third-order valence-electron chi connectivity index (χ3n) is 6.61. The van der Waals surface area contributed by atoms with Gasteiger partial charge in [-0.3, -0.25) is 14.4 Å². The number of carbonyl (C=O) groups excluding carboxylic acids is 3. The Labute approximate surface area is 248 Å². The number of rotatable bonds is 9. The summed E-state index contributed by atoms with van der Waals surface area (Å²) in [6, 6.07) is 20.9. The largest absolute Gasteiger partial charge is 0.469 e. The zero-order valence-electron chi connectivity index (χ0n) is 24.7. The molecule has 0 spiro atoms. The quantitative estimate of drug-likeness (QED) is 0.182. The van der Waals surface area contributed by atoms with Gasteiger partial charge in [0.1, 0.15) is 6.04 Å². The molecule has 3 aromatic carbocycles. The van der Waals surface area contributed by atoms with Crippen molar-refractivity contribution >= 4 is 29.1 Å². The molecule has 3 aromatic rings. The van der Waals surface area contributed by atoms with Crippen molar-refractivity contribution in [1.29, 1.82) is 0 Å². The Morgan fingerprint density at radius 3 is 1.60 bits per heavy atom. The van der Waals surface area contributed by atoms with E-state index in [1.807, 2.05) is 36.4 Å². The van der Waals surface area contributed by atoms with E-state index >= 15 is 0 Å². The highest BCUT2D eigenvalue weighted by Gasteiger charge is 2.24. The Morgan fingerprint density at radius 2 is 1.19 bits per heavy atom. The molecule has 0 aliphatic heterocycles. The summed E-state index contributed by atoms with van der Waals surface area (Å²) >= 11 is 0. The number of ether oxygens (including phenoxy) is 2. The molecule has 0 heterocycles. The maximum Gasteiger partial charge on any atom is 0.322 e. The van der Waals surface area contributed by atoms with E-state index in [2.05, 4.69) is 35.2 Å². The van der Waals surface area contributed by atoms with Crippen LogP contribution in [-0.2, 0) is 37.3 Å². The van der Waals surface area contributed by atoms with Gasteiger partial charge in [0, 0.05) is 12.0 Å². The van der Waals surface area contributed by atoms with Crippen LogP contribution < -0.4 is 5.73 Å². The molecule has 0 saturated carbocycles. The lowest BCUT2D eigenvalue weighted by Crippen LogP contribution is -2.33. The summed E-state index contributed by atoms with van der Waals surface area (Å²) < 4.78 is 9.41. The Balaban J connectivity index is 0.000000347. The van der Waals surface area contributed by atoms with Gasteiger partial charge in [-0.05, 0) is 34.9 Å². The molecule has 2 atom stereocenters. The Bertz CT molecular complexity index is 1430. The van der Waals surface area contributed by atoms with Gasteiger partial charge in [-0.15, -0.1) is 0 Å². The molecule has 8 heteroatoms. The van der Waals surface area contributed by atoms with Gasteiger partial charge in [-0.2, -0.15) is 0 Å². The highest BCUT2D eigenvalue weighted by atomic mass is 16.5. The number of Topliss-reactive ketones (excluding diaryl/α,β-unsaturated/α-hetero) is 1. The van der Waals surface area contributed by atoms with E-state index < -0.39 is 23.9 Å². The van der Waals surface area contributed by atoms with E-state index in [0.29, 0.717) is 29.8 Å². The summed E-state index contributed by atoms with van der Waals surface area (Å²) in [5, 5.41) is 0. The summed E-state index contributed by atoms with van der Waals surface area (Å²) in [5.74, 6) is -1.46. The smallest absolute Gasteiger partial charge is 0.322 e. The Kier molecular flexibility index (Phi) is 12.6. The molecular weight excluding hydrogens is 530 g/mol. The van der Waals surface area contributed by atoms with E-state index in [9.17, 15) is 14.4 Å². The second kappa shape index (κ2) is 15.9. The topological polar surface area (TPSA) is 104 Å². The number of nitrogens with zero attached hydrogens (tertiary/aromatic N) is 2. The number of carbonyl (C=O) groups is 3. The second-order valence-electron chi connectivity index (χ2n) is 10.8. The van der Waals surface area contributed by atoms with Crippen LogP contribution >= 0.6 is 0 Å². The van der Waals surface area contributed by atoms with Crippen LogP contribution in [0.5, 0.6) is 0 Å². The van der Waals surface area contributed by atoms with Crippen molar-refractivity contribution < 1.29 is 23.9 Å². The van der Waals surface area contributed by atoms with Crippen molar-refractivity contribution in [1.82, 2.24) is 0 Å². The van der Waals surface area contributed by atoms with E-state index in [0.717, 1.165) is 16.7 Å². The predicted octanol–water partition coefficient (Wildman–Crippen LogP) is 6.42. The standard InChI is InChI=1S/C23H25NO3.C11H12N2O2/c1-23(2,3)19-10-8-17(9-11-19)21(25)15-18(22(26)27-5)14-16-6-12-20(24-4)13-7-16;1-13-9-5-3-8(4-6-9)7-10(12)11(14)15-2/h6-13,18H,14-15H2,1-3,5H3;3-6,10H,7,12H2,2H3/t18-;10-/m10/s1. The lowest BCUT2D eigenvalue weighted by molar-refractivity contribution is -0.145. The van der Waals surface area contributed by atoms with Crippen molar-refractivity contribution in [3.8, 4) is 0 Å². The van der Waals surface area contributed by atoms with Gasteiger partial charge in [0.05, 0.1) is 33.3 Å². The van der Waals surface area contributed by atoms with Gasteiger partial charge in [0.15, 0.2) is 17.2 Å². The van der Waals surface area contributed by atoms with Gasteiger partial charge >= 0.3 is 11.9 Å². The van der Waals surface area contributed by atoms with Crippen molar-refractivity contribution in [2.45, 2.75) is 51.5 Å². The fourth-order valence-electron chi connectivity index (χ4n) is 4.09. The number of methoxy groups -OCH3 is 2. The van der Waals surface area contributed by atoms with E-state index in [-0.39, 0.29) is 17.6 Å². The monoisotopic (exact) mass is 567 g/mol. The zero-order valence-corrected chi connectivity index (χ0v) is 24.7. The van der Waals surface area contributed by atoms with Crippen molar-refractivity contribution in [3.63, 3.8) is 0 Å². The van der Waals surface area contributed by atoms with Gasteiger partial charge in [0.2, 0.25) is 0 Å². The van der Waals surface area contributed by atoms with Crippen LogP contribution in [0.15, 0.2) is 72.8 Å². The highest BCUT2D eigenvalue weighted by Crippen LogP contribution is 2.24. The average Bonchev–Trinajstić information content (AvgIpc) is 3.00. The fraction of sp³-hybridized carbons (Fsp3) is 0.324.